The Kier molecular flexibility index (Phi) is 6.67. The Hall–Kier alpha value is -2.58. The normalized spacial score (nSPS) is 16.3. The van der Waals surface area contributed by atoms with Gasteiger partial charge in [-0.2, -0.15) is 4.31 Å². The number of sulfonamides is 1. The summed E-state index contributed by atoms with van der Waals surface area (Å²) in [4.78, 5) is 14.6. The van der Waals surface area contributed by atoms with E-state index < -0.39 is 10.0 Å². The van der Waals surface area contributed by atoms with E-state index in [1.165, 1.54) is 23.5 Å². The zero-order valence-corrected chi connectivity index (χ0v) is 18.4. The predicted molar refractivity (Wildman–Crippen MR) is 114 cm³/mol. The Morgan fingerprint density at radius 2 is 1.73 bits per heavy atom. The molecule has 8 heteroatoms. The van der Waals surface area contributed by atoms with Crippen LogP contribution in [0.15, 0.2) is 47.4 Å². The number of piperazine rings is 1. The fourth-order valence-electron chi connectivity index (χ4n) is 3.47. The highest BCUT2D eigenvalue weighted by molar-refractivity contribution is 7.89. The van der Waals surface area contributed by atoms with Crippen LogP contribution in [0.4, 0.5) is 0 Å². The second kappa shape index (κ2) is 9.06. The Morgan fingerprint density at radius 3 is 2.27 bits per heavy atom. The summed E-state index contributed by atoms with van der Waals surface area (Å²) in [5.41, 5.74) is 1.29. The number of carbonyl (C=O) groups is 1. The highest BCUT2D eigenvalue weighted by Crippen LogP contribution is 2.26. The maximum Gasteiger partial charge on any atom is 0.257 e. The fourth-order valence-corrected chi connectivity index (χ4v) is 4.90. The molecule has 1 aliphatic heterocycles. The minimum atomic E-state index is -3.61. The Morgan fingerprint density at radius 1 is 1.10 bits per heavy atom. The third-order valence-electron chi connectivity index (χ3n) is 5.66. The van der Waals surface area contributed by atoms with Gasteiger partial charge in [-0.15, -0.1) is 0 Å². The molecule has 0 bridgehead atoms. The van der Waals surface area contributed by atoms with Crippen LogP contribution in [0, 0.1) is 0 Å². The lowest BCUT2D eigenvalue weighted by Crippen LogP contribution is -2.50. The minimum Gasteiger partial charge on any atom is -0.507 e. The van der Waals surface area contributed by atoms with Crippen molar-refractivity contribution in [3.63, 3.8) is 0 Å². The molecule has 1 atom stereocenters. The Labute approximate surface area is 177 Å². The summed E-state index contributed by atoms with van der Waals surface area (Å²) < 4.78 is 32.4. The third kappa shape index (κ3) is 4.44. The number of hydrogen-bond donors (Lipinski definition) is 1. The van der Waals surface area contributed by atoms with E-state index in [1.54, 1.807) is 23.1 Å². The van der Waals surface area contributed by atoms with E-state index in [4.69, 9.17) is 4.74 Å². The number of phenolic OH excluding ortho intramolecular Hbond substituents is 1. The number of nitrogens with zero attached hydrogens (tertiary/aromatic N) is 2. The van der Waals surface area contributed by atoms with Gasteiger partial charge in [0.25, 0.3) is 5.91 Å². The topological polar surface area (TPSA) is 87.2 Å². The third-order valence-corrected chi connectivity index (χ3v) is 7.57. The Balaban J connectivity index is 1.68. The van der Waals surface area contributed by atoms with Gasteiger partial charge in [-0.05, 0) is 42.2 Å². The molecule has 7 nitrogen and oxygen atoms in total. The molecule has 0 spiro atoms. The zero-order valence-electron chi connectivity index (χ0n) is 17.5. The molecule has 0 saturated carbocycles. The first-order valence-corrected chi connectivity index (χ1v) is 11.5. The van der Waals surface area contributed by atoms with Crippen LogP contribution in [0.5, 0.6) is 11.5 Å². The van der Waals surface area contributed by atoms with E-state index in [-0.39, 0.29) is 48.3 Å². The van der Waals surface area contributed by atoms with Gasteiger partial charge < -0.3 is 14.7 Å². The van der Waals surface area contributed by atoms with Crippen LogP contribution >= 0.6 is 0 Å². The van der Waals surface area contributed by atoms with Crippen molar-refractivity contribution in [3.05, 3.63) is 53.6 Å². The van der Waals surface area contributed by atoms with Crippen LogP contribution in [-0.2, 0) is 10.0 Å². The molecule has 1 N–H and O–H groups in total. The van der Waals surface area contributed by atoms with Crippen molar-refractivity contribution in [2.24, 2.45) is 0 Å². The van der Waals surface area contributed by atoms with Crippen molar-refractivity contribution in [2.75, 3.05) is 33.3 Å². The smallest absolute Gasteiger partial charge is 0.257 e. The first kappa shape index (κ1) is 22.1. The molecule has 1 saturated heterocycles. The second-order valence-electron chi connectivity index (χ2n) is 7.46. The molecule has 0 aliphatic carbocycles. The van der Waals surface area contributed by atoms with Crippen molar-refractivity contribution < 1.29 is 23.1 Å². The van der Waals surface area contributed by atoms with Crippen LogP contribution in [0.2, 0.25) is 0 Å². The van der Waals surface area contributed by atoms with Gasteiger partial charge in [0.05, 0.1) is 17.6 Å². The Bertz CT molecular complexity index is 997. The maximum atomic E-state index is 13.0. The molecule has 1 aliphatic rings. The number of aromatic hydroxyl groups is 1. The quantitative estimate of drug-likeness (QED) is 0.758. The molecule has 1 fully saturated rings. The van der Waals surface area contributed by atoms with Gasteiger partial charge in [0.15, 0.2) is 0 Å². The van der Waals surface area contributed by atoms with E-state index in [0.717, 1.165) is 12.0 Å². The van der Waals surface area contributed by atoms with Crippen LogP contribution in [0.3, 0.4) is 0 Å². The molecule has 0 aromatic heterocycles. The standard InChI is InChI=1S/C22H28N2O5S/c1-4-16(2)17-5-8-19(9-6-17)30(27,28)24-13-11-23(12-14-24)22(26)20-10-7-18(29-3)15-21(20)25/h5-10,15-16,25H,4,11-14H2,1-3H3. The van der Waals surface area contributed by atoms with Crippen molar-refractivity contribution >= 4 is 15.9 Å². The molecular weight excluding hydrogens is 404 g/mol. The van der Waals surface area contributed by atoms with Crippen LogP contribution < -0.4 is 4.74 Å². The zero-order chi connectivity index (χ0) is 21.9. The summed E-state index contributed by atoms with van der Waals surface area (Å²) in [7, 11) is -2.13. The van der Waals surface area contributed by atoms with Crippen molar-refractivity contribution in [1.82, 2.24) is 9.21 Å². The van der Waals surface area contributed by atoms with Gasteiger partial charge in [0.2, 0.25) is 10.0 Å². The van der Waals surface area contributed by atoms with Crippen molar-refractivity contribution in [1.29, 1.82) is 0 Å². The van der Waals surface area contributed by atoms with Crippen LogP contribution in [-0.4, -0.2) is 61.9 Å². The lowest BCUT2D eigenvalue weighted by Gasteiger charge is -2.34. The van der Waals surface area contributed by atoms with Gasteiger partial charge >= 0.3 is 0 Å². The molecule has 1 heterocycles. The molecule has 162 valence electrons. The number of carbonyl (C=O) groups excluding carboxylic acids is 1. The summed E-state index contributed by atoms with van der Waals surface area (Å²) in [6.45, 7) is 5.14. The summed E-state index contributed by atoms with van der Waals surface area (Å²) in [5.74, 6) is 0.353. The monoisotopic (exact) mass is 432 g/mol. The van der Waals surface area contributed by atoms with E-state index in [0.29, 0.717) is 11.7 Å². The van der Waals surface area contributed by atoms with Gasteiger partial charge in [0.1, 0.15) is 11.5 Å². The first-order chi connectivity index (χ1) is 14.3. The fraction of sp³-hybridized carbons (Fsp3) is 0.409. The van der Waals surface area contributed by atoms with E-state index >= 15 is 0 Å². The number of methoxy groups -OCH3 is 1. The second-order valence-corrected chi connectivity index (χ2v) is 9.40. The average Bonchev–Trinajstić information content (AvgIpc) is 2.78. The van der Waals surface area contributed by atoms with Crippen LogP contribution in [0.25, 0.3) is 0 Å². The summed E-state index contributed by atoms with van der Waals surface area (Å²) >= 11 is 0. The summed E-state index contributed by atoms with van der Waals surface area (Å²) in [6.07, 6.45) is 0.992. The maximum absolute atomic E-state index is 13.0. The molecule has 0 radical (unpaired) electrons. The average molecular weight is 433 g/mol. The summed E-state index contributed by atoms with van der Waals surface area (Å²) in [6, 6.07) is 11.6. The van der Waals surface area contributed by atoms with Crippen molar-refractivity contribution in [3.8, 4) is 11.5 Å². The number of amides is 1. The van der Waals surface area contributed by atoms with Gasteiger partial charge in [-0.3, -0.25) is 4.79 Å². The van der Waals surface area contributed by atoms with E-state index in [9.17, 15) is 18.3 Å². The molecule has 1 unspecified atom stereocenters. The largest absolute Gasteiger partial charge is 0.507 e. The number of rotatable bonds is 6. The predicted octanol–water partition coefficient (Wildman–Crippen LogP) is 3.06. The minimum absolute atomic E-state index is 0.157. The lowest BCUT2D eigenvalue weighted by atomic mass is 9.99. The molecule has 2 aromatic carbocycles. The van der Waals surface area contributed by atoms with E-state index in [2.05, 4.69) is 13.8 Å². The molecule has 3 rings (SSSR count). The number of ether oxygens (including phenoxy) is 1. The number of hydrogen-bond acceptors (Lipinski definition) is 5. The number of phenols is 1. The van der Waals surface area contributed by atoms with E-state index in [1.807, 2.05) is 12.1 Å². The summed E-state index contributed by atoms with van der Waals surface area (Å²) in [5, 5.41) is 10.1. The molecule has 1 amide bonds. The highest BCUT2D eigenvalue weighted by Gasteiger charge is 2.31. The van der Waals surface area contributed by atoms with Crippen LogP contribution in [0.1, 0.15) is 42.1 Å². The van der Waals surface area contributed by atoms with Gasteiger partial charge in [-0.1, -0.05) is 26.0 Å². The van der Waals surface area contributed by atoms with Gasteiger partial charge in [-0.25, -0.2) is 8.42 Å². The van der Waals surface area contributed by atoms with Crippen molar-refractivity contribution in [2.45, 2.75) is 31.1 Å². The first-order valence-electron chi connectivity index (χ1n) is 10.0. The lowest BCUT2D eigenvalue weighted by molar-refractivity contribution is 0.0695. The number of benzene rings is 2. The highest BCUT2D eigenvalue weighted by atomic mass is 32.2. The van der Waals surface area contributed by atoms with Gasteiger partial charge in [0, 0.05) is 32.2 Å². The molecule has 2 aromatic rings. The molecular formula is C22H28N2O5S. The SMILES string of the molecule is CCC(C)c1ccc(S(=O)(=O)N2CCN(C(=O)c3ccc(OC)cc3O)CC2)cc1. The molecule has 30 heavy (non-hydrogen) atoms.